The molecule has 37 heavy (non-hydrogen) atoms. The van der Waals surface area contributed by atoms with Crippen LogP contribution in [-0.2, 0) is 21.3 Å². The smallest absolute Gasteiger partial charge is 0.247 e. The minimum Gasteiger partial charge on any atom is -0.487 e. The lowest BCUT2D eigenvalue weighted by molar-refractivity contribution is 0.0733. The topological polar surface area (TPSA) is 97.8 Å². The number of hydrogen-bond donors (Lipinski definition) is 1. The molecule has 4 rings (SSSR count). The zero-order chi connectivity index (χ0) is 26.6. The van der Waals surface area contributed by atoms with E-state index in [1.807, 2.05) is 32.2 Å². The molecule has 2 heterocycles. The van der Waals surface area contributed by atoms with E-state index in [9.17, 15) is 13.5 Å². The van der Waals surface area contributed by atoms with Crippen LogP contribution in [0.5, 0.6) is 17.2 Å². The molecule has 2 aromatic carbocycles. The molecular formula is C27H34N2O7S. The maximum atomic E-state index is 13.6. The van der Waals surface area contributed by atoms with E-state index in [1.165, 1.54) is 10.4 Å². The van der Waals surface area contributed by atoms with E-state index in [4.69, 9.17) is 18.9 Å². The minimum absolute atomic E-state index is 0.0698. The Morgan fingerprint density at radius 3 is 2.73 bits per heavy atom. The number of methoxy groups -OCH3 is 1. The van der Waals surface area contributed by atoms with Crippen molar-refractivity contribution >= 4 is 10.0 Å². The Balaban J connectivity index is 1.63. The number of fused-ring (bicyclic) bond motifs is 2. The second-order valence-corrected chi connectivity index (χ2v) is 11.4. The molecule has 10 heteroatoms. The summed E-state index contributed by atoms with van der Waals surface area (Å²) in [6.07, 6.45) is -0.316. The van der Waals surface area contributed by atoms with E-state index in [2.05, 4.69) is 16.7 Å². The van der Waals surface area contributed by atoms with Gasteiger partial charge in [-0.2, -0.15) is 4.31 Å². The molecule has 200 valence electrons. The Hall–Kier alpha value is -2.81. The van der Waals surface area contributed by atoms with Crippen molar-refractivity contribution in [1.82, 2.24) is 9.21 Å². The van der Waals surface area contributed by atoms with Gasteiger partial charge in [0.05, 0.1) is 6.61 Å². The highest BCUT2D eigenvalue weighted by Crippen LogP contribution is 2.35. The summed E-state index contributed by atoms with van der Waals surface area (Å²) in [6, 6.07) is 10.2. The summed E-state index contributed by atoms with van der Waals surface area (Å²) in [4.78, 5) is 2.21. The van der Waals surface area contributed by atoms with Gasteiger partial charge in [0.15, 0.2) is 11.5 Å². The first-order valence-electron chi connectivity index (χ1n) is 12.2. The zero-order valence-electron chi connectivity index (χ0n) is 21.6. The monoisotopic (exact) mass is 530 g/mol. The van der Waals surface area contributed by atoms with Gasteiger partial charge in [0, 0.05) is 44.3 Å². The average Bonchev–Trinajstić information content (AvgIpc) is 3.34. The van der Waals surface area contributed by atoms with Crippen molar-refractivity contribution in [2.45, 2.75) is 37.4 Å². The van der Waals surface area contributed by atoms with E-state index in [1.54, 1.807) is 26.2 Å². The van der Waals surface area contributed by atoms with Crippen molar-refractivity contribution in [2.24, 2.45) is 5.92 Å². The third-order valence-electron chi connectivity index (χ3n) is 6.50. The van der Waals surface area contributed by atoms with Crippen molar-refractivity contribution in [2.75, 3.05) is 47.3 Å². The van der Waals surface area contributed by atoms with E-state index >= 15 is 0 Å². The molecule has 0 saturated heterocycles. The standard InChI is InChI=1S/C27H34N2O7S/c1-19-14-29(20(2)17-30)37(31,32)27-10-8-21(6-5-11-33-4)12-25(27)36-26(19)16-28(3)15-22-7-9-23-24(13-22)35-18-34-23/h7-10,12-13,19-20,26,30H,11,14-18H2,1-4H3/t19-,20-,26+/m0/s1. The Bertz CT molecular complexity index is 1270. The number of ether oxygens (including phenoxy) is 4. The highest BCUT2D eigenvalue weighted by Gasteiger charge is 2.38. The van der Waals surface area contributed by atoms with Crippen LogP contribution in [0.2, 0.25) is 0 Å². The summed E-state index contributed by atoms with van der Waals surface area (Å²) >= 11 is 0. The number of hydrogen-bond acceptors (Lipinski definition) is 8. The summed E-state index contributed by atoms with van der Waals surface area (Å²) in [7, 11) is -0.338. The molecule has 0 aromatic heterocycles. The SMILES string of the molecule is COCC#Cc1ccc2c(c1)O[C@H](CN(C)Cc1ccc3c(c1)OCO3)[C@@H](C)CN([C@@H](C)CO)S2(=O)=O. The molecule has 0 spiro atoms. The van der Waals surface area contributed by atoms with Gasteiger partial charge in [-0.25, -0.2) is 8.42 Å². The third-order valence-corrected chi connectivity index (χ3v) is 8.52. The maximum absolute atomic E-state index is 13.6. The van der Waals surface area contributed by atoms with Crippen LogP contribution >= 0.6 is 0 Å². The van der Waals surface area contributed by atoms with Gasteiger partial charge >= 0.3 is 0 Å². The quantitative estimate of drug-likeness (QED) is 0.545. The van der Waals surface area contributed by atoms with Gasteiger partial charge in [-0.3, -0.25) is 4.90 Å². The third kappa shape index (κ3) is 6.20. The fraction of sp³-hybridized carbons (Fsp3) is 0.481. The number of benzene rings is 2. The van der Waals surface area contributed by atoms with Gasteiger partial charge in [0.25, 0.3) is 0 Å². The molecule has 2 aliphatic heterocycles. The zero-order valence-corrected chi connectivity index (χ0v) is 22.5. The van der Waals surface area contributed by atoms with Crippen LogP contribution in [0.3, 0.4) is 0 Å². The maximum Gasteiger partial charge on any atom is 0.247 e. The van der Waals surface area contributed by atoms with Crippen molar-refractivity contribution < 1.29 is 32.5 Å². The summed E-state index contributed by atoms with van der Waals surface area (Å²) in [5, 5.41) is 9.83. The molecule has 1 N–H and O–H groups in total. The molecule has 2 aromatic rings. The van der Waals surface area contributed by atoms with Gasteiger partial charge in [-0.15, -0.1) is 0 Å². The molecule has 0 unspecified atom stereocenters. The average molecular weight is 531 g/mol. The van der Waals surface area contributed by atoms with Gasteiger partial charge in [-0.05, 0) is 49.9 Å². The molecule has 0 fully saturated rings. The second-order valence-electron chi connectivity index (χ2n) is 9.52. The minimum atomic E-state index is -3.90. The fourth-order valence-corrected chi connectivity index (χ4v) is 6.28. The highest BCUT2D eigenvalue weighted by atomic mass is 32.2. The largest absolute Gasteiger partial charge is 0.487 e. The summed E-state index contributed by atoms with van der Waals surface area (Å²) in [5.41, 5.74) is 1.70. The van der Waals surface area contributed by atoms with E-state index in [0.717, 1.165) is 17.1 Å². The van der Waals surface area contributed by atoms with Crippen LogP contribution in [0.1, 0.15) is 25.0 Å². The molecule has 9 nitrogen and oxygen atoms in total. The molecule has 0 bridgehead atoms. The highest BCUT2D eigenvalue weighted by molar-refractivity contribution is 7.89. The van der Waals surface area contributed by atoms with E-state index in [0.29, 0.717) is 18.7 Å². The summed E-state index contributed by atoms with van der Waals surface area (Å²) < 4.78 is 50.9. The van der Waals surface area contributed by atoms with Crippen molar-refractivity contribution in [3.05, 3.63) is 47.5 Å². The molecule has 3 atom stereocenters. The lowest BCUT2D eigenvalue weighted by Crippen LogP contribution is -2.49. The number of rotatable bonds is 7. The van der Waals surface area contributed by atoms with Crippen molar-refractivity contribution in [1.29, 1.82) is 0 Å². The first-order chi connectivity index (χ1) is 17.7. The lowest BCUT2D eigenvalue weighted by atomic mass is 10.0. The lowest BCUT2D eigenvalue weighted by Gasteiger charge is -2.37. The van der Waals surface area contributed by atoms with Crippen molar-refractivity contribution in [3.63, 3.8) is 0 Å². The first kappa shape index (κ1) is 27.2. The van der Waals surface area contributed by atoms with Crippen LogP contribution < -0.4 is 14.2 Å². The summed E-state index contributed by atoms with van der Waals surface area (Å²) in [6.45, 7) is 5.31. The van der Waals surface area contributed by atoms with Gasteiger partial charge in [0.2, 0.25) is 16.8 Å². The van der Waals surface area contributed by atoms with Crippen LogP contribution in [0, 0.1) is 17.8 Å². The van der Waals surface area contributed by atoms with Crippen LogP contribution in [0.15, 0.2) is 41.3 Å². The van der Waals surface area contributed by atoms with Crippen LogP contribution in [0.25, 0.3) is 0 Å². The number of aliphatic hydroxyl groups excluding tert-OH is 1. The number of likely N-dealkylation sites (N-methyl/N-ethyl adjacent to an activating group) is 1. The number of aliphatic hydroxyl groups is 1. The fourth-order valence-electron chi connectivity index (χ4n) is 4.45. The Kier molecular flexibility index (Phi) is 8.62. The normalized spacial score (nSPS) is 21.2. The molecule has 2 aliphatic rings. The van der Waals surface area contributed by atoms with Crippen LogP contribution in [-0.4, -0.2) is 82.1 Å². The van der Waals surface area contributed by atoms with E-state index < -0.39 is 16.1 Å². The Morgan fingerprint density at radius 1 is 1.19 bits per heavy atom. The molecule has 0 saturated carbocycles. The Labute approximate surface area is 218 Å². The predicted molar refractivity (Wildman–Crippen MR) is 138 cm³/mol. The van der Waals surface area contributed by atoms with E-state index in [-0.39, 0.29) is 49.2 Å². The van der Waals surface area contributed by atoms with Gasteiger partial charge < -0.3 is 24.1 Å². The summed E-state index contributed by atoms with van der Waals surface area (Å²) in [5.74, 6) is 7.46. The molecule has 0 radical (unpaired) electrons. The molecular weight excluding hydrogens is 496 g/mol. The first-order valence-corrected chi connectivity index (χ1v) is 13.6. The number of nitrogens with zero attached hydrogens (tertiary/aromatic N) is 2. The molecule has 0 amide bonds. The predicted octanol–water partition coefficient (Wildman–Crippen LogP) is 2.31. The second kappa shape index (κ2) is 11.7. The Morgan fingerprint density at radius 2 is 1.97 bits per heavy atom. The number of sulfonamides is 1. The molecule has 0 aliphatic carbocycles. The van der Waals surface area contributed by atoms with Crippen molar-refractivity contribution in [3.8, 4) is 29.1 Å². The van der Waals surface area contributed by atoms with Gasteiger partial charge in [0.1, 0.15) is 23.4 Å². The van der Waals surface area contributed by atoms with Crippen LogP contribution in [0.4, 0.5) is 0 Å². The van der Waals surface area contributed by atoms with Gasteiger partial charge in [-0.1, -0.05) is 24.8 Å².